The van der Waals surface area contributed by atoms with E-state index >= 15 is 0 Å². The molecule has 0 atom stereocenters. The number of amides is 1. The maximum Gasteiger partial charge on any atom is 0.331 e. The molecule has 0 saturated heterocycles. The number of nitrogens with one attached hydrogen (secondary N) is 1. The minimum absolute atomic E-state index is 0.127. The van der Waals surface area contributed by atoms with E-state index in [1.807, 2.05) is 54.6 Å². The third-order valence-electron chi connectivity index (χ3n) is 4.13. The van der Waals surface area contributed by atoms with Gasteiger partial charge in [0.2, 0.25) is 0 Å². The van der Waals surface area contributed by atoms with Gasteiger partial charge in [0.15, 0.2) is 0 Å². The molecule has 3 rings (SSSR count). The maximum absolute atomic E-state index is 12.2. The van der Waals surface area contributed by atoms with Crippen LogP contribution in [0.25, 0.3) is 6.08 Å². The van der Waals surface area contributed by atoms with Crippen LogP contribution >= 0.6 is 0 Å². The van der Waals surface area contributed by atoms with E-state index in [0.29, 0.717) is 5.56 Å². The number of esters is 1. The van der Waals surface area contributed by atoms with Crippen molar-refractivity contribution >= 4 is 23.6 Å². The Labute approximate surface area is 169 Å². The van der Waals surface area contributed by atoms with Crippen molar-refractivity contribution in [1.29, 1.82) is 0 Å². The second kappa shape index (κ2) is 9.90. The van der Waals surface area contributed by atoms with Crippen LogP contribution in [-0.4, -0.2) is 19.0 Å². The molecule has 29 heavy (non-hydrogen) atoms. The lowest BCUT2D eigenvalue weighted by atomic mass is 10.1. The van der Waals surface area contributed by atoms with Crippen molar-refractivity contribution in [3.8, 4) is 5.75 Å². The molecule has 0 radical (unpaired) electrons. The summed E-state index contributed by atoms with van der Waals surface area (Å²) in [6.45, 7) is 0.127. The summed E-state index contributed by atoms with van der Waals surface area (Å²) in [5.74, 6) is 0.0802. The van der Waals surface area contributed by atoms with Gasteiger partial charge in [-0.1, -0.05) is 42.5 Å². The van der Waals surface area contributed by atoms with E-state index in [-0.39, 0.29) is 12.5 Å². The molecular formula is C24H21NO4. The van der Waals surface area contributed by atoms with Crippen molar-refractivity contribution in [2.24, 2.45) is 0 Å². The Hall–Kier alpha value is -3.86. The van der Waals surface area contributed by atoms with Gasteiger partial charge in [-0.2, -0.15) is 0 Å². The highest BCUT2D eigenvalue weighted by Gasteiger charge is 2.06. The van der Waals surface area contributed by atoms with Gasteiger partial charge in [0.25, 0.3) is 5.91 Å². The van der Waals surface area contributed by atoms with E-state index in [4.69, 9.17) is 9.47 Å². The molecule has 3 aromatic carbocycles. The van der Waals surface area contributed by atoms with Gasteiger partial charge < -0.3 is 14.8 Å². The van der Waals surface area contributed by atoms with Crippen molar-refractivity contribution in [3.63, 3.8) is 0 Å². The fourth-order valence-electron chi connectivity index (χ4n) is 2.59. The highest BCUT2D eigenvalue weighted by molar-refractivity contribution is 6.04. The molecule has 0 aromatic heterocycles. The summed E-state index contributed by atoms with van der Waals surface area (Å²) in [4.78, 5) is 24.2. The Balaban J connectivity index is 1.51. The van der Waals surface area contributed by atoms with Gasteiger partial charge >= 0.3 is 5.97 Å². The molecule has 0 bridgehead atoms. The average Bonchev–Trinajstić information content (AvgIpc) is 2.77. The Kier molecular flexibility index (Phi) is 6.79. The summed E-state index contributed by atoms with van der Waals surface area (Å²) in [6.07, 6.45) is 3.04. The molecule has 146 valence electrons. The number of para-hydroxylation sites is 1. The van der Waals surface area contributed by atoms with E-state index in [1.165, 1.54) is 6.08 Å². The van der Waals surface area contributed by atoms with Crippen molar-refractivity contribution in [1.82, 2.24) is 0 Å². The molecule has 3 aromatic rings. The first-order valence-electron chi connectivity index (χ1n) is 9.08. The first kappa shape index (κ1) is 19.9. The molecule has 0 aliphatic heterocycles. The maximum atomic E-state index is 12.2. The molecule has 0 spiro atoms. The number of hydrogen-bond donors (Lipinski definition) is 1. The van der Waals surface area contributed by atoms with Crippen LogP contribution < -0.4 is 10.1 Å². The molecule has 0 fully saturated rings. The Morgan fingerprint density at radius 1 is 0.931 bits per heavy atom. The Morgan fingerprint density at radius 3 is 2.41 bits per heavy atom. The van der Waals surface area contributed by atoms with Crippen LogP contribution in [-0.2, 0) is 16.1 Å². The van der Waals surface area contributed by atoms with Crippen LogP contribution in [0.5, 0.6) is 5.75 Å². The molecule has 1 amide bonds. The lowest BCUT2D eigenvalue weighted by Gasteiger charge is -2.06. The lowest BCUT2D eigenvalue weighted by Crippen LogP contribution is -2.11. The van der Waals surface area contributed by atoms with E-state index in [0.717, 1.165) is 22.6 Å². The van der Waals surface area contributed by atoms with Crippen molar-refractivity contribution < 1.29 is 19.1 Å². The zero-order valence-electron chi connectivity index (χ0n) is 16.0. The molecule has 5 heteroatoms. The van der Waals surface area contributed by atoms with E-state index < -0.39 is 5.97 Å². The van der Waals surface area contributed by atoms with Gasteiger partial charge in [0, 0.05) is 17.3 Å². The molecule has 5 nitrogen and oxygen atoms in total. The van der Waals surface area contributed by atoms with Gasteiger partial charge in [0.1, 0.15) is 12.4 Å². The van der Waals surface area contributed by atoms with Crippen LogP contribution in [0.1, 0.15) is 21.5 Å². The second-order valence-corrected chi connectivity index (χ2v) is 6.23. The predicted octanol–water partition coefficient (Wildman–Crippen LogP) is 4.70. The Bertz CT molecular complexity index is 995. The zero-order valence-corrected chi connectivity index (χ0v) is 16.0. The number of carbonyl (C=O) groups excluding carboxylic acids is 2. The summed E-state index contributed by atoms with van der Waals surface area (Å²) in [5.41, 5.74) is 2.90. The van der Waals surface area contributed by atoms with Crippen LogP contribution in [0.3, 0.4) is 0 Å². The highest BCUT2D eigenvalue weighted by Crippen LogP contribution is 2.14. The average molecular weight is 387 g/mol. The molecular weight excluding hydrogens is 366 g/mol. The van der Waals surface area contributed by atoms with Crippen molar-refractivity contribution in [2.45, 2.75) is 6.61 Å². The fourth-order valence-corrected chi connectivity index (χ4v) is 2.59. The largest absolute Gasteiger partial charge is 0.497 e. The van der Waals surface area contributed by atoms with Crippen LogP contribution in [0.15, 0.2) is 84.9 Å². The van der Waals surface area contributed by atoms with Gasteiger partial charge in [-0.25, -0.2) is 4.79 Å². The van der Waals surface area contributed by atoms with Crippen LogP contribution in [0.2, 0.25) is 0 Å². The van der Waals surface area contributed by atoms with Crippen LogP contribution in [0, 0.1) is 0 Å². The van der Waals surface area contributed by atoms with Gasteiger partial charge in [-0.05, 0) is 53.6 Å². The number of carbonyl (C=O) groups is 2. The topological polar surface area (TPSA) is 64.6 Å². The predicted molar refractivity (Wildman–Crippen MR) is 113 cm³/mol. The Morgan fingerprint density at radius 2 is 1.69 bits per heavy atom. The lowest BCUT2D eigenvalue weighted by molar-refractivity contribution is -0.138. The third-order valence-corrected chi connectivity index (χ3v) is 4.13. The molecule has 0 aliphatic carbocycles. The number of methoxy groups -OCH3 is 1. The highest BCUT2D eigenvalue weighted by atomic mass is 16.5. The first-order valence-corrected chi connectivity index (χ1v) is 9.08. The SMILES string of the molecule is COc1cccc(/C=C/C(=O)OCc2ccc(C(=O)Nc3ccccc3)cc2)c1. The first-order chi connectivity index (χ1) is 14.1. The summed E-state index contributed by atoms with van der Waals surface area (Å²) < 4.78 is 10.4. The second-order valence-electron chi connectivity index (χ2n) is 6.23. The molecule has 1 N–H and O–H groups in total. The smallest absolute Gasteiger partial charge is 0.331 e. The fraction of sp³-hybridized carbons (Fsp3) is 0.0833. The monoisotopic (exact) mass is 387 g/mol. The van der Waals surface area contributed by atoms with E-state index in [1.54, 1.807) is 37.5 Å². The summed E-state index contributed by atoms with van der Waals surface area (Å²) in [7, 11) is 1.59. The van der Waals surface area contributed by atoms with Gasteiger partial charge in [0.05, 0.1) is 7.11 Å². The van der Waals surface area contributed by atoms with Crippen molar-refractivity contribution in [3.05, 3.63) is 102 Å². The van der Waals surface area contributed by atoms with Crippen LogP contribution in [0.4, 0.5) is 5.69 Å². The number of rotatable bonds is 7. The summed E-state index contributed by atoms with van der Waals surface area (Å²) >= 11 is 0. The van der Waals surface area contributed by atoms with E-state index in [9.17, 15) is 9.59 Å². The molecule has 0 aliphatic rings. The summed E-state index contributed by atoms with van der Waals surface area (Å²) in [5, 5.41) is 2.83. The van der Waals surface area contributed by atoms with Gasteiger partial charge in [-0.15, -0.1) is 0 Å². The number of ether oxygens (including phenoxy) is 2. The quantitative estimate of drug-likeness (QED) is 0.471. The minimum atomic E-state index is -0.446. The molecule has 0 saturated carbocycles. The van der Waals surface area contributed by atoms with Gasteiger partial charge in [-0.3, -0.25) is 4.79 Å². The third kappa shape index (κ3) is 6.07. The number of anilines is 1. The number of hydrogen-bond acceptors (Lipinski definition) is 4. The minimum Gasteiger partial charge on any atom is -0.497 e. The standard InChI is InChI=1S/C24H21NO4/c1-28-22-9-5-6-18(16-22)12-15-23(26)29-17-19-10-13-20(14-11-19)24(27)25-21-7-3-2-4-8-21/h2-16H,17H2,1H3,(H,25,27)/b15-12+. The number of benzene rings is 3. The van der Waals surface area contributed by atoms with Crippen molar-refractivity contribution in [2.75, 3.05) is 12.4 Å². The van der Waals surface area contributed by atoms with E-state index in [2.05, 4.69) is 5.32 Å². The molecule has 0 unspecified atom stereocenters. The molecule has 0 heterocycles. The zero-order chi connectivity index (χ0) is 20.5. The summed E-state index contributed by atoms with van der Waals surface area (Å²) in [6, 6.07) is 23.5. The normalized spacial score (nSPS) is 10.5.